The van der Waals surface area contributed by atoms with Crippen LogP contribution in [-0.4, -0.2) is 30.6 Å². The van der Waals surface area contributed by atoms with Crippen molar-refractivity contribution in [1.82, 2.24) is 10.2 Å². The van der Waals surface area contributed by atoms with Gasteiger partial charge in [-0.1, -0.05) is 19.1 Å². The fourth-order valence-corrected chi connectivity index (χ4v) is 2.78. The zero-order valence-corrected chi connectivity index (χ0v) is 11.6. The highest BCUT2D eigenvalue weighted by Crippen LogP contribution is 2.21. The first kappa shape index (κ1) is 14.4. The van der Waals surface area contributed by atoms with Crippen LogP contribution in [0.1, 0.15) is 38.3 Å². The van der Waals surface area contributed by atoms with Crippen molar-refractivity contribution in [2.45, 2.75) is 38.8 Å². The number of piperidine rings is 1. The second kappa shape index (κ2) is 6.44. The number of benzene rings is 1. The Bertz CT molecular complexity index is 423. The van der Waals surface area contributed by atoms with Gasteiger partial charge in [-0.3, -0.25) is 0 Å². The average Bonchev–Trinajstić information content (AvgIpc) is 2.42. The molecular weight excluding hydrogens is 246 g/mol. The Morgan fingerprint density at radius 2 is 2.21 bits per heavy atom. The molecule has 2 atom stereocenters. The summed E-state index contributed by atoms with van der Waals surface area (Å²) in [5, 5.41) is 3.42. The second-order valence-electron chi connectivity index (χ2n) is 5.26. The van der Waals surface area contributed by atoms with Crippen molar-refractivity contribution < 1.29 is 8.78 Å². The smallest absolute Gasteiger partial charge is 0.163 e. The molecule has 2 unspecified atom stereocenters. The van der Waals surface area contributed by atoms with Crippen molar-refractivity contribution >= 4 is 0 Å². The topological polar surface area (TPSA) is 15.3 Å². The molecule has 1 aliphatic heterocycles. The summed E-state index contributed by atoms with van der Waals surface area (Å²) in [5.41, 5.74) is 0.411. The highest BCUT2D eigenvalue weighted by Gasteiger charge is 2.22. The zero-order valence-electron chi connectivity index (χ0n) is 11.6. The van der Waals surface area contributed by atoms with E-state index in [2.05, 4.69) is 17.1 Å². The van der Waals surface area contributed by atoms with E-state index in [1.165, 1.54) is 0 Å². The highest BCUT2D eigenvalue weighted by atomic mass is 19.2. The van der Waals surface area contributed by atoms with Crippen molar-refractivity contribution in [2.24, 2.45) is 0 Å². The van der Waals surface area contributed by atoms with Gasteiger partial charge in [-0.25, -0.2) is 8.78 Å². The Labute approximate surface area is 113 Å². The van der Waals surface area contributed by atoms with Gasteiger partial charge in [0.15, 0.2) is 11.6 Å². The van der Waals surface area contributed by atoms with Gasteiger partial charge in [0, 0.05) is 24.2 Å². The van der Waals surface area contributed by atoms with Crippen LogP contribution in [0.2, 0.25) is 0 Å². The van der Waals surface area contributed by atoms with Gasteiger partial charge in [0.25, 0.3) is 0 Å². The largest absolute Gasteiger partial charge is 0.306 e. The number of nitrogens with zero attached hydrogens (tertiary/aromatic N) is 1. The van der Waals surface area contributed by atoms with Crippen molar-refractivity contribution in [1.29, 1.82) is 0 Å². The Morgan fingerprint density at radius 1 is 1.42 bits per heavy atom. The lowest BCUT2D eigenvalue weighted by Gasteiger charge is -2.34. The molecule has 0 radical (unpaired) electrons. The van der Waals surface area contributed by atoms with Gasteiger partial charge in [0.2, 0.25) is 0 Å². The van der Waals surface area contributed by atoms with Crippen LogP contribution in [-0.2, 0) is 0 Å². The third-order valence-electron chi connectivity index (χ3n) is 3.89. The van der Waals surface area contributed by atoms with E-state index in [0.29, 0.717) is 11.6 Å². The predicted molar refractivity (Wildman–Crippen MR) is 73.0 cm³/mol. The molecule has 1 saturated heterocycles. The highest BCUT2D eigenvalue weighted by molar-refractivity contribution is 5.22. The van der Waals surface area contributed by atoms with Gasteiger partial charge < -0.3 is 10.2 Å². The summed E-state index contributed by atoms with van der Waals surface area (Å²) in [5.74, 6) is -1.50. The van der Waals surface area contributed by atoms with Crippen LogP contribution in [0.3, 0.4) is 0 Å². The summed E-state index contributed by atoms with van der Waals surface area (Å²) >= 11 is 0. The molecule has 2 rings (SSSR count). The predicted octanol–water partition coefficient (Wildman–Crippen LogP) is 3.10. The van der Waals surface area contributed by atoms with Crippen LogP contribution in [0.5, 0.6) is 0 Å². The molecule has 4 heteroatoms. The Morgan fingerprint density at radius 3 is 2.95 bits per heavy atom. The van der Waals surface area contributed by atoms with Crippen LogP contribution < -0.4 is 5.32 Å². The van der Waals surface area contributed by atoms with Gasteiger partial charge in [-0.05, 0) is 38.9 Å². The number of likely N-dealkylation sites (tertiary alicyclic amines) is 1. The third-order valence-corrected chi connectivity index (χ3v) is 3.89. The lowest BCUT2D eigenvalue weighted by atomic mass is 10.0. The fourth-order valence-electron chi connectivity index (χ4n) is 2.78. The molecule has 0 spiro atoms. The molecule has 1 aliphatic rings. The molecule has 0 amide bonds. The summed E-state index contributed by atoms with van der Waals surface area (Å²) in [4.78, 5) is 2.38. The normalized spacial score (nSPS) is 22.4. The Balaban J connectivity index is 2.00. The lowest BCUT2D eigenvalue weighted by Crippen LogP contribution is -2.46. The summed E-state index contributed by atoms with van der Waals surface area (Å²) in [6, 6.07) is 4.55. The van der Waals surface area contributed by atoms with Crippen LogP contribution >= 0.6 is 0 Å². The first-order chi connectivity index (χ1) is 9.11. The molecule has 0 aromatic heterocycles. The molecule has 19 heavy (non-hydrogen) atoms. The van der Waals surface area contributed by atoms with E-state index in [4.69, 9.17) is 0 Å². The Hall–Kier alpha value is -1.00. The molecular formula is C15H22F2N2. The fraction of sp³-hybridized carbons (Fsp3) is 0.600. The van der Waals surface area contributed by atoms with Gasteiger partial charge in [0.05, 0.1) is 0 Å². The zero-order chi connectivity index (χ0) is 13.8. The molecule has 0 saturated carbocycles. The number of hydrogen-bond acceptors (Lipinski definition) is 2. The van der Waals surface area contributed by atoms with Gasteiger partial charge in [-0.15, -0.1) is 0 Å². The quantitative estimate of drug-likeness (QED) is 0.902. The monoisotopic (exact) mass is 268 g/mol. The van der Waals surface area contributed by atoms with Crippen molar-refractivity contribution in [3.05, 3.63) is 35.4 Å². The van der Waals surface area contributed by atoms with Crippen LogP contribution in [0.25, 0.3) is 0 Å². The van der Waals surface area contributed by atoms with Crippen LogP contribution in [0.4, 0.5) is 8.78 Å². The Kier molecular flexibility index (Phi) is 4.88. The van der Waals surface area contributed by atoms with E-state index >= 15 is 0 Å². The van der Waals surface area contributed by atoms with E-state index in [0.717, 1.165) is 38.5 Å². The van der Waals surface area contributed by atoms with Crippen molar-refractivity contribution in [3.8, 4) is 0 Å². The van der Waals surface area contributed by atoms with Crippen LogP contribution in [0.15, 0.2) is 18.2 Å². The van der Waals surface area contributed by atoms with Crippen molar-refractivity contribution in [2.75, 3.05) is 19.6 Å². The van der Waals surface area contributed by atoms with E-state index in [1.54, 1.807) is 12.1 Å². The molecule has 1 aromatic carbocycles. The minimum absolute atomic E-state index is 0.169. The van der Waals surface area contributed by atoms with E-state index in [1.807, 2.05) is 6.92 Å². The summed E-state index contributed by atoms with van der Waals surface area (Å²) in [7, 11) is 0. The summed E-state index contributed by atoms with van der Waals surface area (Å²) in [6.07, 6.45) is 2.25. The molecule has 106 valence electrons. The summed E-state index contributed by atoms with van der Waals surface area (Å²) in [6.45, 7) is 7.21. The lowest BCUT2D eigenvalue weighted by molar-refractivity contribution is 0.191. The van der Waals surface area contributed by atoms with Crippen molar-refractivity contribution in [3.63, 3.8) is 0 Å². The molecule has 0 aliphatic carbocycles. The number of nitrogens with one attached hydrogen (secondary N) is 1. The minimum atomic E-state index is -0.773. The van der Waals surface area contributed by atoms with E-state index in [9.17, 15) is 8.78 Å². The maximum atomic E-state index is 13.7. The molecule has 0 bridgehead atoms. The first-order valence-electron chi connectivity index (χ1n) is 7.04. The number of rotatable bonds is 4. The number of likely N-dealkylation sites (N-methyl/N-ethyl adjacent to an activating group) is 1. The molecule has 1 fully saturated rings. The first-order valence-corrected chi connectivity index (χ1v) is 7.04. The standard InChI is InChI=1S/C15H22F2N2/c1-3-19-9-5-6-12(10-19)18-11(2)13-7-4-8-14(16)15(13)17/h4,7-8,11-12,18H,3,5-6,9-10H2,1-2H3. The average molecular weight is 268 g/mol. The van der Waals surface area contributed by atoms with Crippen LogP contribution in [0, 0.1) is 11.6 Å². The molecule has 2 nitrogen and oxygen atoms in total. The molecule has 1 aromatic rings. The number of hydrogen-bond donors (Lipinski definition) is 1. The molecule has 1 heterocycles. The number of halogens is 2. The molecule has 1 N–H and O–H groups in total. The maximum absolute atomic E-state index is 13.7. The SMILES string of the molecule is CCN1CCCC(NC(C)c2cccc(F)c2F)C1. The third kappa shape index (κ3) is 3.51. The van der Waals surface area contributed by atoms with E-state index < -0.39 is 11.6 Å². The van der Waals surface area contributed by atoms with Gasteiger partial charge >= 0.3 is 0 Å². The van der Waals surface area contributed by atoms with Gasteiger partial charge in [-0.2, -0.15) is 0 Å². The maximum Gasteiger partial charge on any atom is 0.163 e. The van der Waals surface area contributed by atoms with E-state index in [-0.39, 0.29) is 6.04 Å². The van der Waals surface area contributed by atoms with Gasteiger partial charge in [0.1, 0.15) is 0 Å². The summed E-state index contributed by atoms with van der Waals surface area (Å²) < 4.78 is 26.9. The minimum Gasteiger partial charge on any atom is -0.306 e. The second-order valence-corrected chi connectivity index (χ2v) is 5.26.